The molecule has 1 atom stereocenters. The standard InChI is InChI=1S/C17H24BrN3O2S/c1-2-19-16(21-15-6-9-24(22,23)11-15)20-12-17(7-8-17)13-4-3-5-14(18)10-13/h3-5,10,15H,2,6-9,11-12H2,1H3,(H2,19,20,21). The van der Waals surface area contributed by atoms with Crippen molar-refractivity contribution >= 4 is 31.7 Å². The normalized spacial score (nSPS) is 24.6. The SMILES string of the molecule is CCNC(=NCC1(c2cccc(Br)c2)CC1)NC1CCS(=O)(=O)C1. The Kier molecular flexibility index (Phi) is 5.20. The highest BCUT2D eigenvalue weighted by Crippen LogP contribution is 2.48. The van der Waals surface area contributed by atoms with E-state index in [9.17, 15) is 8.42 Å². The average molecular weight is 414 g/mol. The summed E-state index contributed by atoms with van der Waals surface area (Å²) in [6.07, 6.45) is 2.94. The predicted octanol–water partition coefficient (Wildman–Crippen LogP) is 2.22. The molecule has 0 spiro atoms. The zero-order valence-corrected chi connectivity index (χ0v) is 16.3. The van der Waals surface area contributed by atoms with Gasteiger partial charge < -0.3 is 10.6 Å². The largest absolute Gasteiger partial charge is 0.357 e. The summed E-state index contributed by atoms with van der Waals surface area (Å²) in [5.74, 6) is 1.20. The molecule has 0 radical (unpaired) electrons. The smallest absolute Gasteiger partial charge is 0.191 e. The first-order chi connectivity index (χ1) is 11.4. The van der Waals surface area contributed by atoms with Crippen LogP contribution in [0.2, 0.25) is 0 Å². The molecule has 0 amide bonds. The van der Waals surface area contributed by atoms with Crippen LogP contribution in [0.3, 0.4) is 0 Å². The van der Waals surface area contributed by atoms with Gasteiger partial charge in [-0.2, -0.15) is 0 Å². The molecule has 0 bridgehead atoms. The summed E-state index contributed by atoms with van der Waals surface area (Å²) in [6, 6.07) is 8.41. The molecule has 0 aromatic heterocycles. The van der Waals surface area contributed by atoms with E-state index >= 15 is 0 Å². The van der Waals surface area contributed by atoms with E-state index in [4.69, 9.17) is 4.99 Å². The molecule has 1 heterocycles. The number of nitrogens with one attached hydrogen (secondary N) is 2. The lowest BCUT2D eigenvalue weighted by Gasteiger charge is -2.18. The van der Waals surface area contributed by atoms with Gasteiger partial charge in [-0.1, -0.05) is 28.1 Å². The van der Waals surface area contributed by atoms with Crippen molar-refractivity contribution in [3.8, 4) is 0 Å². The van der Waals surface area contributed by atoms with Crippen LogP contribution in [0.4, 0.5) is 0 Å². The number of sulfone groups is 1. The maximum atomic E-state index is 11.6. The van der Waals surface area contributed by atoms with Crippen LogP contribution in [0.25, 0.3) is 0 Å². The van der Waals surface area contributed by atoms with Gasteiger partial charge >= 0.3 is 0 Å². The predicted molar refractivity (Wildman–Crippen MR) is 101 cm³/mol. The fraction of sp³-hybridized carbons (Fsp3) is 0.588. The van der Waals surface area contributed by atoms with Crippen LogP contribution >= 0.6 is 15.9 Å². The lowest BCUT2D eigenvalue weighted by atomic mass is 9.96. The number of aliphatic imine (C=N–C) groups is 1. The molecule has 1 unspecified atom stereocenters. The third kappa shape index (κ3) is 4.30. The van der Waals surface area contributed by atoms with Crippen LogP contribution in [0, 0.1) is 0 Å². The summed E-state index contributed by atoms with van der Waals surface area (Å²) in [4.78, 5) is 4.75. The van der Waals surface area contributed by atoms with Crippen molar-refractivity contribution in [3.63, 3.8) is 0 Å². The number of halogens is 1. The van der Waals surface area contributed by atoms with Gasteiger partial charge in [-0.25, -0.2) is 8.42 Å². The fourth-order valence-corrected chi connectivity index (χ4v) is 5.23. The van der Waals surface area contributed by atoms with E-state index in [1.54, 1.807) is 0 Å². The summed E-state index contributed by atoms with van der Waals surface area (Å²) in [6.45, 7) is 3.50. The third-order valence-electron chi connectivity index (χ3n) is 4.75. The first-order valence-corrected chi connectivity index (χ1v) is 11.1. The second kappa shape index (κ2) is 7.04. The number of benzene rings is 1. The quantitative estimate of drug-likeness (QED) is 0.573. The first kappa shape index (κ1) is 17.7. The Bertz CT molecular complexity index is 729. The van der Waals surface area contributed by atoms with Gasteiger partial charge in [0.05, 0.1) is 18.1 Å². The summed E-state index contributed by atoms with van der Waals surface area (Å²) >= 11 is 3.54. The number of guanidine groups is 1. The molecule has 7 heteroatoms. The van der Waals surface area contributed by atoms with E-state index in [1.165, 1.54) is 5.56 Å². The van der Waals surface area contributed by atoms with Crippen molar-refractivity contribution in [1.82, 2.24) is 10.6 Å². The van der Waals surface area contributed by atoms with Gasteiger partial charge in [0.15, 0.2) is 15.8 Å². The highest BCUT2D eigenvalue weighted by molar-refractivity contribution is 9.10. The molecule has 2 aliphatic rings. The maximum Gasteiger partial charge on any atom is 0.191 e. The molecule has 1 aliphatic heterocycles. The van der Waals surface area contributed by atoms with Crippen LogP contribution in [0.5, 0.6) is 0 Å². The van der Waals surface area contributed by atoms with Crippen molar-refractivity contribution < 1.29 is 8.42 Å². The molecule has 1 saturated heterocycles. The van der Waals surface area contributed by atoms with E-state index in [2.05, 4.69) is 44.8 Å². The van der Waals surface area contributed by atoms with Crippen molar-refractivity contribution in [2.24, 2.45) is 4.99 Å². The molecule has 1 aliphatic carbocycles. The second-order valence-electron chi connectivity index (χ2n) is 6.73. The Balaban J connectivity index is 1.68. The highest BCUT2D eigenvalue weighted by atomic mass is 79.9. The minimum atomic E-state index is -2.89. The topological polar surface area (TPSA) is 70.6 Å². The summed E-state index contributed by atoms with van der Waals surface area (Å²) in [5.41, 5.74) is 1.45. The maximum absolute atomic E-state index is 11.6. The molecule has 1 saturated carbocycles. The van der Waals surface area contributed by atoms with Crippen molar-refractivity contribution in [3.05, 3.63) is 34.3 Å². The zero-order chi connectivity index (χ0) is 17.2. The molecular weight excluding hydrogens is 390 g/mol. The minimum Gasteiger partial charge on any atom is -0.357 e. The van der Waals surface area contributed by atoms with Gasteiger partial charge in [0.1, 0.15) is 0 Å². The molecule has 2 N–H and O–H groups in total. The van der Waals surface area contributed by atoms with Crippen LogP contribution in [-0.2, 0) is 15.3 Å². The second-order valence-corrected chi connectivity index (χ2v) is 9.87. The van der Waals surface area contributed by atoms with Gasteiger partial charge in [0, 0.05) is 22.5 Å². The minimum absolute atomic E-state index is 0.0335. The third-order valence-corrected chi connectivity index (χ3v) is 7.01. The molecular formula is C17H24BrN3O2S. The molecule has 1 aromatic rings. The van der Waals surface area contributed by atoms with Crippen molar-refractivity contribution in [1.29, 1.82) is 0 Å². The van der Waals surface area contributed by atoms with Crippen molar-refractivity contribution in [2.45, 2.75) is 37.6 Å². The van der Waals surface area contributed by atoms with Gasteiger partial charge in [-0.3, -0.25) is 4.99 Å². The molecule has 24 heavy (non-hydrogen) atoms. The Hall–Kier alpha value is -1.08. The van der Waals surface area contributed by atoms with E-state index in [-0.39, 0.29) is 23.0 Å². The summed E-state index contributed by atoms with van der Waals surface area (Å²) in [5, 5.41) is 6.52. The van der Waals surface area contributed by atoms with E-state index < -0.39 is 9.84 Å². The van der Waals surface area contributed by atoms with Crippen LogP contribution in [0.15, 0.2) is 33.7 Å². The molecule has 3 rings (SSSR count). The van der Waals surface area contributed by atoms with Gasteiger partial charge in [-0.15, -0.1) is 0 Å². The van der Waals surface area contributed by atoms with Crippen LogP contribution in [-0.4, -0.2) is 45.0 Å². The Morgan fingerprint density at radius 1 is 1.42 bits per heavy atom. The number of nitrogens with zero attached hydrogens (tertiary/aromatic N) is 1. The van der Waals surface area contributed by atoms with Gasteiger partial charge in [0.25, 0.3) is 0 Å². The van der Waals surface area contributed by atoms with E-state index in [1.807, 2.05) is 13.0 Å². The average Bonchev–Trinajstić information content (AvgIpc) is 3.24. The number of rotatable bonds is 5. The Morgan fingerprint density at radius 3 is 2.79 bits per heavy atom. The van der Waals surface area contributed by atoms with Crippen molar-refractivity contribution in [2.75, 3.05) is 24.6 Å². The monoisotopic (exact) mass is 413 g/mol. The molecule has 5 nitrogen and oxygen atoms in total. The van der Waals surface area contributed by atoms with Gasteiger partial charge in [-0.05, 0) is 43.9 Å². The summed E-state index contributed by atoms with van der Waals surface area (Å²) < 4.78 is 24.3. The molecule has 132 valence electrons. The summed E-state index contributed by atoms with van der Waals surface area (Å²) in [7, 11) is -2.89. The highest BCUT2D eigenvalue weighted by Gasteiger charge is 2.44. The van der Waals surface area contributed by atoms with Crippen LogP contribution < -0.4 is 10.6 Å². The molecule has 2 fully saturated rings. The molecule has 1 aromatic carbocycles. The fourth-order valence-electron chi connectivity index (χ4n) is 3.16. The lowest BCUT2D eigenvalue weighted by Crippen LogP contribution is -2.44. The van der Waals surface area contributed by atoms with E-state index in [0.29, 0.717) is 6.42 Å². The first-order valence-electron chi connectivity index (χ1n) is 8.44. The Labute approximate surface area is 152 Å². The van der Waals surface area contributed by atoms with E-state index in [0.717, 1.165) is 36.4 Å². The zero-order valence-electron chi connectivity index (χ0n) is 13.9. The van der Waals surface area contributed by atoms with Crippen LogP contribution in [0.1, 0.15) is 31.7 Å². The number of hydrogen-bond acceptors (Lipinski definition) is 3. The van der Waals surface area contributed by atoms with Gasteiger partial charge in [0.2, 0.25) is 0 Å². The lowest BCUT2D eigenvalue weighted by molar-refractivity contribution is 0.599. The number of hydrogen-bond donors (Lipinski definition) is 2. The Morgan fingerprint density at radius 2 is 2.21 bits per heavy atom.